The van der Waals surface area contributed by atoms with Gasteiger partial charge in [-0.3, -0.25) is 0 Å². The van der Waals surface area contributed by atoms with E-state index >= 15 is 0 Å². The first-order valence-corrected chi connectivity index (χ1v) is 11.7. The summed E-state index contributed by atoms with van der Waals surface area (Å²) in [6, 6.07) is 10.2. The number of halogens is 1. The summed E-state index contributed by atoms with van der Waals surface area (Å²) in [5.41, 5.74) is 1.02. The number of benzene rings is 2. The second-order valence-corrected chi connectivity index (χ2v) is 9.65. The Kier molecular flexibility index (Phi) is 6.34. The third-order valence-corrected chi connectivity index (χ3v) is 7.45. The first-order chi connectivity index (χ1) is 15.3. The van der Waals surface area contributed by atoms with Crippen LogP contribution in [0.5, 0.6) is 0 Å². The van der Waals surface area contributed by atoms with E-state index in [1.165, 1.54) is 34.6 Å². The zero-order chi connectivity index (χ0) is 22.9. The minimum absolute atomic E-state index is 0.00177. The van der Waals surface area contributed by atoms with Crippen LogP contribution in [0.15, 0.2) is 56.6 Å². The highest BCUT2D eigenvalue weighted by molar-refractivity contribution is 7.89. The Morgan fingerprint density at radius 1 is 1.16 bits per heavy atom. The van der Waals surface area contributed by atoms with Crippen molar-refractivity contribution in [3.8, 4) is 0 Å². The van der Waals surface area contributed by atoms with Crippen molar-refractivity contribution in [3.63, 3.8) is 0 Å². The van der Waals surface area contributed by atoms with Crippen molar-refractivity contribution in [2.24, 2.45) is 0 Å². The van der Waals surface area contributed by atoms with Gasteiger partial charge < -0.3 is 13.9 Å². The smallest absolute Gasteiger partial charge is 0.338 e. The quantitative estimate of drug-likeness (QED) is 0.410. The average molecular weight is 478 g/mol. The van der Waals surface area contributed by atoms with Crippen LogP contribution < -0.4 is 5.63 Å². The minimum Gasteiger partial charge on any atom is -0.457 e. The first-order valence-electron chi connectivity index (χ1n) is 9.84. The van der Waals surface area contributed by atoms with Crippen LogP contribution in [-0.4, -0.2) is 45.0 Å². The zero-order valence-electron chi connectivity index (χ0n) is 17.2. The molecule has 0 bridgehead atoms. The van der Waals surface area contributed by atoms with Crippen molar-refractivity contribution in [2.45, 2.75) is 18.4 Å². The van der Waals surface area contributed by atoms with Crippen molar-refractivity contribution in [3.05, 3.63) is 74.6 Å². The second kappa shape index (κ2) is 9.03. The van der Waals surface area contributed by atoms with Crippen molar-refractivity contribution < 1.29 is 27.1 Å². The van der Waals surface area contributed by atoms with Crippen LogP contribution in [0.2, 0.25) is 5.02 Å². The summed E-state index contributed by atoms with van der Waals surface area (Å²) < 4.78 is 42.8. The molecule has 168 valence electrons. The number of hydrogen-bond donors (Lipinski definition) is 0. The number of nitrogens with zero attached hydrogens (tertiary/aromatic N) is 1. The largest absolute Gasteiger partial charge is 0.457 e. The lowest BCUT2D eigenvalue weighted by Crippen LogP contribution is -2.40. The Balaban J connectivity index is 1.56. The molecule has 3 aromatic rings. The van der Waals surface area contributed by atoms with Crippen LogP contribution >= 0.6 is 11.6 Å². The maximum absolute atomic E-state index is 12.8. The van der Waals surface area contributed by atoms with Crippen LogP contribution in [0.1, 0.15) is 21.5 Å². The summed E-state index contributed by atoms with van der Waals surface area (Å²) >= 11 is 6.19. The van der Waals surface area contributed by atoms with E-state index in [1.54, 1.807) is 19.1 Å². The average Bonchev–Trinajstić information content (AvgIpc) is 2.79. The number of ether oxygens (including phenoxy) is 2. The predicted octanol–water partition coefficient (Wildman–Crippen LogP) is 3.13. The van der Waals surface area contributed by atoms with Crippen LogP contribution in [0, 0.1) is 6.92 Å². The summed E-state index contributed by atoms with van der Waals surface area (Å²) in [6.07, 6.45) is 0. The number of fused-ring (bicyclic) bond motifs is 1. The van der Waals surface area contributed by atoms with Crippen LogP contribution in [0.4, 0.5) is 0 Å². The molecule has 8 nitrogen and oxygen atoms in total. The molecule has 1 aromatic heterocycles. The van der Waals surface area contributed by atoms with E-state index in [1.807, 2.05) is 0 Å². The molecule has 0 unspecified atom stereocenters. The normalized spacial score (nSPS) is 15.1. The molecule has 1 aliphatic heterocycles. The Morgan fingerprint density at radius 2 is 1.91 bits per heavy atom. The maximum atomic E-state index is 12.8. The van der Waals surface area contributed by atoms with Gasteiger partial charge in [-0.05, 0) is 42.8 Å². The van der Waals surface area contributed by atoms with Crippen molar-refractivity contribution >= 4 is 38.6 Å². The fourth-order valence-electron chi connectivity index (χ4n) is 3.41. The lowest BCUT2D eigenvalue weighted by atomic mass is 10.1. The number of hydrogen-bond acceptors (Lipinski definition) is 7. The van der Waals surface area contributed by atoms with E-state index in [0.717, 1.165) is 5.56 Å². The third kappa shape index (κ3) is 4.56. The van der Waals surface area contributed by atoms with Crippen LogP contribution in [-0.2, 0) is 26.1 Å². The standard InChI is InChI=1S/C22H20ClNO7S/c1-14-9-20-18(12-19(14)23)16(11-21(25)31-20)13-30-22(26)15-3-2-4-17(10-15)32(27,28)24-5-7-29-8-6-24/h2-4,9-12H,5-8,13H2,1H3. The highest BCUT2D eigenvalue weighted by Gasteiger charge is 2.27. The Bertz CT molecular complexity index is 1340. The fraction of sp³-hybridized carbons (Fsp3) is 0.273. The zero-order valence-corrected chi connectivity index (χ0v) is 18.7. The number of carbonyl (C=O) groups is 1. The molecule has 0 saturated carbocycles. The predicted molar refractivity (Wildman–Crippen MR) is 117 cm³/mol. The number of carbonyl (C=O) groups excluding carboxylic acids is 1. The molecule has 4 rings (SSSR count). The van der Waals surface area contributed by atoms with Crippen LogP contribution in [0.3, 0.4) is 0 Å². The van der Waals surface area contributed by atoms with Crippen molar-refractivity contribution in [1.82, 2.24) is 4.31 Å². The molecule has 1 fully saturated rings. The lowest BCUT2D eigenvalue weighted by Gasteiger charge is -2.26. The molecule has 1 aliphatic rings. The summed E-state index contributed by atoms with van der Waals surface area (Å²) in [4.78, 5) is 24.5. The van der Waals surface area contributed by atoms with Gasteiger partial charge >= 0.3 is 11.6 Å². The van der Waals surface area contributed by atoms with Gasteiger partial charge in [0.25, 0.3) is 0 Å². The molecule has 0 atom stereocenters. The summed E-state index contributed by atoms with van der Waals surface area (Å²) in [5.74, 6) is -0.719. The minimum atomic E-state index is -3.75. The van der Waals surface area contributed by atoms with Gasteiger partial charge in [0.05, 0.1) is 23.7 Å². The molecular formula is C22H20ClNO7S. The fourth-order valence-corrected chi connectivity index (χ4v) is 5.03. The van der Waals surface area contributed by atoms with Crippen molar-refractivity contribution in [2.75, 3.05) is 26.3 Å². The molecule has 32 heavy (non-hydrogen) atoms. The molecule has 0 aliphatic carbocycles. The van der Waals surface area contributed by atoms with E-state index in [4.69, 9.17) is 25.5 Å². The lowest BCUT2D eigenvalue weighted by molar-refractivity contribution is 0.0473. The Hall–Kier alpha value is -2.72. The molecular weight excluding hydrogens is 458 g/mol. The monoisotopic (exact) mass is 477 g/mol. The van der Waals surface area contributed by atoms with Gasteiger partial charge in [-0.15, -0.1) is 0 Å². The van der Waals surface area contributed by atoms with Gasteiger partial charge in [-0.1, -0.05) is 17.7 Å². The summed E-state index contributed by atoms with van der Waals surface area (Å²) in [5, 5.41) is 1.04. The molecule has 0 radical (unpaired) electrons. The summed E-state index contributed by atoms with van der Waals surface area (Å²) in [6.45, 7) is 2.73. The Morgan fingerprint density at radius 3 is 2.66 bits per heavy atom. The molecule has 1 saturated heterocycles. The van der Waals surface area contributed by atoms with E-state index in [-0.39, 0.29) is 30.2 Å². The molecule has 0 spiro atoms. The van der Waals surface area contributed by atoms with Gasteiger partial charge in [-0.25, -0.2) is 18.0 Å². The number of aryl methyl sites for hydroxylation is 1. The van der Waals surface area contributed by atoms with Crippen molar-refractivity contribution in [1.29, 1.82) is 0 Å². The first kappa shape index (κ1) is 22.5. The van der Waals surface area contributed by atoms with E-state index < -0.39 is 21.6 Å². The van der Waals surface area contributed by atoms with Gasteiger partial charge in [0, 0.05) is 35.1 Å². The van der Waals surface area contributed by atoms with Gasteiger partial charge in [0.15, 0.2) is 0 Å². The third-order valence-electron chi connectivity index (χ3n) is 5.15. The number of esters is 1. The molecule has 2 heterocycles. The summed E-state index contributed by atoms with van der Waals surface area (Å²) in [7, 11) is -3.75. The van der Waals surface area contributed by atoms with Gasteiger partial charge in [0.1, 0.15) is 12.2 Å². The number of rotatable bonds is 5. The highest BCUT2D eigenvalue weighted by atomic mass is 35.5. The van der Waals surface area contributed by atoms with E-state index in [0.29, 0.717) is 34.8 Å². The molecule has 0 amide bonds. The molecule has 0 N–H and O–H groups in total. The SMILES string of the molecule is Cc1cc2oc(=O)cc(COC(=O)c3cccc(S(=O)(=O)N4CCOCC4)c3)c2cc1Cl. The van der Waals surface area contributed by atoms with E-state index in [9.17, 15) is 18.0 Å². The Labute approximate surface area is 189 Å². The second-order valence-electron chi connectivity index (χ2n) is 7.31. The van der Waals surface area contributed by atoms with E-state index in [2.05, 4.69) is 0 Å². The molecule has 10 heteroatoms. The van der Waals surface area contributed by atoms with Gasteiger partial charge in [0.2, 0.25) is 10.0 Å². The topological polar surface area (TPSA) is 103 Å². The molecule has 2 aromatic carbocycles. The number of morpholine rings is 1. The van der Waals surface area contributed by atoms with Gasteiger partial charge in [-0.2, -0.15) is 4.31 Å². The maximum Gasteiger partial charge on any atom is 0.338 e. The highest BCUT2D eigenvalue weighted by Crippen LogP contribution is 2.26. The van der Waals surface area contributed by atoms with Crippen LogP contribution in [0.25, 0.3) is 11.0 Å². The number of sulfonamides is 1.